The molecule has 3 amide bonds. The Bertz CT molecular complexity index is 263. The van der Waals surface area contributed by atoms with Crippen molar-refractivity contribution < 1.29 is 19.5 Å². The molecule has 6 nitrogen and oxygen atoms in total. The lowest BCUT2D eigenvalue weighted by Crippen LogP contribution is -2.55. The molecule has 0 saturated carbocycles. The van der Waals surface area contributed by atoms with Crippen LogP contribution in [0.5, 0.6) is 0 Å². The highest BCUT2D eigenvalue weighted by Crippen LogP contribution is 2.04. The molecule has 72 valence electrons. The fourth-order valence-electron chi connectivity index (χ4n) is 1.16. The normalized spacial score (nSPS) is 17.9. The van der Waals surface area contributed by atoms with Gasteiger partial charge in [0.15, 0.2) is 0 Å². The van der Waals surface area contributed by atoms with Crippen LogP contribution < -0.4 is 0 Å². The van der Waals surface area contributed by atoms with Gasteiger partial charge in [0.25, 0.3) is 0 Å². The molecule has 0 bridgehead atoms. The molecule has 1 aliphatic rings. The molecule has 0 unspecified atom stereocenters. The second kappa shape index (κ2) is 3.42. The van der Waals surface area contributed by atoms with Crippen molar-refractivity contribution in [2.45, 2.75) is 6.92 Å². The molecule has 13 heavy (non-hydrogen) atoms. The maximum atomic E-state index is 11.1. The summed E-state index contributed by atoms with van der Waals surface area (Å²) in [6.45, 7) is 2.51. The zero-order chi connectivity index (χ0) is 10.0. The van der Waals surface area contributed by atoms with E-state index in [1.54, 1.807) is 6.92 Å². The Morgan fingerprint density at radius 1 is 1.38 bits per heavy atom. The Kier molecular flexibility index (Phi) is 2.50. The van der Waals surface area contributed by atoms with Crippen LogP contribution in [-0.2, 0) is 9.59 Å². The lowest BCUT2D eigenvalue weighted by atomic mass is 10.3. The molecule has 0 spiro atoms. The number of imide groups is 1. The summed E-state index contributed by atoms with van der Waals surface area (Å²) >= 11 is 0. The fraction of sp³-hybridized carbons (Fsp3) is 0.571. The van der Waals surface area contributed by atoms with E-state index in [1.165, 1.54) is 4.90 Å². The van der Waals surface area contributed by atoms with Crippen LogP contribution in [0.15, 0.2) is 0 Å². The van der Waals surface area contributed by atoms with Crippen molar-refractivity contribution in [2.75, 3.05) is 19.6 Å². The molecule has 1 fully saturated rings. The first-order chi connectivity index (χ1) is 6.07. The first-order valence-corrected chi connectivity index (χ1v) is 3.91. The summed E-state index contributed by atoms with van der Waals surface area (Å²) < 4.78 is 0. The fourth-order valence-corrected chi connectivity index (χ4v) is 1.16. The number of carbonyl (C=O) groups excluding carboxylic acids is 2. The van der Waals surface area contributed by atoms with Gasteiger partial charge in [-0.15, -0.1) is 0 Å². The number of likely N-dealkylation sites (N-methyl/N-ethyl adjacent to an activating group) is 1. The van der Waals surface area contributed by atoms with Crippen molar-refractivity contribution in [3.63, 3.8) is 0 Å². The highest BCUT2D eigenvalue weighted by atomic mass is 16.4. The molecular formula is C7H10N2O4. The van der Waals surface area contributed by atoms with E-state index < -0.39 is 17.9 Å². The smallest absolute Gasteiger partial charge is 0.414 e. The zero-order valence-corrected chi connectivity index (χ0v) is 7.19. The van der Waals surface area contributed by atoms with Crippen molar-refractivity contribution >= 4 is 17.9 Å². The molecular weight excluding hydrogens is 176 g/mol. The number of amides is 3. The Morgan fingerprint density at radius 3 is 2.46 bits per heavy atom. The van der Waals surface area contributed by atoms with Crippen LogP contribution in [0.2, 0.25) is 0 Å². The van der Waals surface area contributed by atoms with Gasteiger partial charge < -0.3 is 10.0 Å². The van der Waals surface area contributed by atoms with Crippen molar-refractivity contribution in [3.05, 3.63) is 0 Å². The zero-order valence-electron chi connectivity index (χ0n) is 7.19. The van der Waals surface area contributed by atoms with E-state index in [2.05, 4.69) is 0 Å². The van der Waals surface area contributed by atoms with Gasteiger partial charge in [-0.2, -0.15) is 0 Å². The molecule has 1 rings (SSSR count). The summed E-state index contributed by atoms with van der Waals surface area (Å²) in [6.07, 6.45) is -1.37. The summed E-state index contributed by atoms with van der Waals surface area (Å²) in [5.74, 6) is -1.70. The van der Waals surface area contributed by atoms with Gasteiger partial charge in [0, 0.05) is 13.1 Å². The van der Waals surface area contributed by atoms with Crippen molar-refractivity contribution in [1.82, 2.24) is 9.80 Å². The molecule has 1 N–H and O–H groups in total. The van der Waals surface area contributed by atoms with Gasteiger partial charge in [-0.05, 0) is 6.92 Å². The molecule has 0 aliphatic carbocycles. The Hall–Kier alpha value is -1.59. The molecule has 0 aromatic heterocycles. The van der Waals surface area contributed by atoms with E-state index in [9.17, 15) is 14.4 Å². The van der Waals surface area contributed by atoms with E-state index in [-0.39, 0.29) is 13.1 Å². The third-order valence-corrected chi connectivity index (χ3v) is 1.92. The lowest BCUT2D eigenvalue weighted by Gasteiger charge is -2.29. The molecule has 1 heterocycles. The number of hydrogen-bond donors (Lipinski definition) is 1. The van der Waals surface area contributed by atoms with Crippen molar-refractivity contribution in [3.8, 4) is 0 Å². The second-order valence-corrected chi connectivity index (χ2v) is 2.62. The van der Waals surface area contributed by atoms with Gasteiger partial charge in [0.2, 0.25) is 0 Å². The summed E-state index contributed by atoms with van der Waals surface area (Å²) in [7, 11) is 0. The minimum Gasteiger partial charge on any atom is -0.465 e. The van der Waals surface area contributed by atoms with E-state index in [1.807, 2.05) is 0 Å². The molecule has 1 aliphatic heterocycles. The minimum atomic E-state index is -1.37. The largest absolute Gasteiger partial charge is 0.465 e. The van der Waals surface area contributed by atoms with Crippen molar-refractivity contribution in [2.24, 2.45) is 0 Å². The molecule has 0 aromatic carbocycles. The third-order valence-electron chi connectivity index (χ3n) is 1.92. The van der Waals surface area contributed by atoms with Crippen molar-refractivity contribution in [1.29, 1.82) is 0 Å². The standard InChI is InChI=1S/C7H10N2O4/c1-2-8-3-4-9(7(12)13)6(11)5(8)10/h2-4H2,1H3,(H,12,13). The summed E-state index contributed by atoms with van der Waals surface area (Å²) in [4.78, 5) is 34.5. The van der Waals surface area contributed by atoms with Crippen LogP contribution in [0.25, 0.3) is 0 Å². The van der Waals surface area contributed by atoms with Gasteiger partial charge in [0.1, 0.15) is 0 Å². The molecule has 0 radical (unpaired) electrons. The number of piperazine rings is 1. The number of carboxylic acid groups (broad SMARTS) is 1. The number of carbonyl (C=O) groups is 3. The average Bonchev–Trinajstić information content (AvgIpc) is 2.09. The summed E-state index contributed by atoms with van der Waals surface area (Å²) in [6, 6.07) is 0. The summed E-state index contributed by atoms with van der Waals surface area (Å²) in [5, 5.41) is 8.52. The second-order valence-electron chi connectivity index (χ2n) is 2.62. The Balaban J connectivity index is 2.76. The quantitative estimate of drug-likeness (QED) is 0.552. The van der Waals surface area contributed by atoms with Gasteiger partial charge in [-0.3, -0.25) is 9.59 Å². The maximum absolute atomic E-state index is 11.1. The number of hydrogen-bond acceptors (Lipinski definition) is 3. The highest BCUT2D eigenvalue weighted by Gasteiger charge is 2.34. The van der Waals surface area contributed by atoms with E-state index in [0.717, 1.165) is 0 Å². The Morgan fingerprint density at radius 2 is 2.00 bits per heavy atom. The van der Waals surface area contributed by atoms with Crippen LogP contribution in [0.1, 0.15) is 6.92 Å². The molecule has 6 heteroatoms. The average molecular weight is 186 g/mol. The van der Waals surface area contributed by atoms with Crippen LogP contribution in [0.4, 0.5) is 4.79 Å². The lowest BCUT2D eigenvalue weighted by molar-refractivity contribution is -0.154. The number of nitrogens with zero attached hydrogens (tertiary/aromatic N) is 2. The van der Waals surface area contributed by atoms with Crippen LogP contribution in [-0.4, -0.2) is 52.4 Å². The molecule has 1 saturated heterocycles. The third kappa shape index (κ3) is 1.61. The van der Waals surface area contributed by atoms with Gasteiger partial charge >= 0.3 is 17.9 Å². The molecule has 0 atom stereocenters. The van der Waals surface area contributed by atoms with Gasteiger partial charge in [-0.25, -0.2) is 9.69 Å². The Labute approximate surface area is 74.7 Å². The first-order valence-electron chi connectivity index (χ1n) is 3.91. The predicted molar refractivity (Wildman–Crippen MR) is 42.0 cm³/mol. The summed E-state index contributed by atoms with van der Waals surface area (Å²) in [5.41, 5.74) is 0. The SMILES string of the molecule is CCN1CCN(C(=O)O)C(=O)C1=O. The monoisotopic (exact) mass is 186 g/mol. The van der Waals surface area contributed by atoms with Gasteiger partial charge in [-0.1, -0.05) is 0 Å². The van der Waals surface area contributed by atoms with E-state index in [0.29, 0.717) is 11.4 Å². The highest BCUT2D eigenvalue weighted by molar-refractivity contribution is 6.37. The van der Waals surface area contributed by atoms with E-state index in [4.69, 9.17) is 5.11 Å². The predicted octanol–water partition coefficient (Wildman–Crippen LogP) is -0.645. The topological polar surface area (TPSA) is 77.9 Å². The minimum absolute atomic E-state index is 0.0632. The van der Waals surface area contributed by atoms with Crippen LogP contribution in [0, 0.1) is 0 Å². The first kappa shape index (κ1) is 9.50. The van der Waals surface area contributed by atoms with Gasteiger partial charge in [0.05, 0.1) is 6.54 Å². The number of rotatable bonds is 1. The van der Waals surface area contributed by atoms with E-state index >= 15 is 0 Å². The maximum Gasteiger partial charge on any atom is 0.414 e. The van der Waals surface area contributed by atoms with Crippen LogP contribution >= 0.6 is 0 Å². The van der Waals surface area contributed by atoms with Crippen LogP contribution in [0.3, 0.4) is 0 Å². The molecule has 0 aromatic rings.